The van der Waals surface area contributed by atoms with Gasteiger partial charge < -0.3 is 5.32 Å². The van der Waals surface area contributed by atoms with Gasteiger partial charge in [-0.2, -0.15) is 23.7 Å². The van der Waals surface area contributed by atoms with E-state index in [1.54, 1.807) is 0 Å². The average molecular weight is 488 g/mol. The van der Waals surface area contributed by atoms with Gasteiger partial charge in [-0.15, -0.1) is 0 Å². The van der Waals surface area contributed by atoms with Crippen molar-refractivity contribution in [3.05, 3.63) is 70.4 Å². The van der Waals surface area contributed by atoms with Crippen molar-refractivity contribution in [3.8, 4) is 12.1 Å². The zero-order valence-corrected chi connectivity index (χ0v) is 19.1. The maximum atomic E-state index is 13.2. The fraction of sp³-hybridized carbons (Fsp3) is 0.261. The normalized spacial score (nSPS) is 16.8. The molecule has 0 saturated carbocycles. The van der Waals surface area contributed by atoms with E-state index >= 15 is 0 Å². The number of urea groups is 1. The highest BCUT2D eigenvalue weighted by Gasteiger charge is 2.38. The number of hydrogen-bond acceptors (Lipinski definition) is 5. The van der Waals surface area contributed by atoms with Crippen molar-refractivity contribution >= 4 is 21.6 Å². The van der Waals surface area contributed by atoms with E-state index in [1.807, 2.05) is 12.1 Å². The zero-order valence-electron chi connectivity index (χ0n) is 18.3. The summed E-state index contributed by atoms with van der Waals surface area (Å²) in [5, 5.41) is 20.8. The zero-order chi connectivity index (χ0) is 25.4. The predicted octanol–water partition coefficient (Wildman–Crippen LogP) is 4.83. The number of nitriles is 2. The summed E-state index contributed by atoms with van der Waals surface area (Å²) in [7, 11) is -3.92. The van der Waals surface area contributed by atoms with Gasteiger partial charge in [0, 0.05) is 5.70 Å². The van der Waals surface area contributed by atoms with Crippen molar-refractivity contribution in [1.29, 1.82) is 10.5 Å². The Kier molecular flexibility index (Phi) is 6.45. The Balaban J connectivity index is 2.21. The average Bonchev–Trinajstić information content (AvgIpc) is 2.78. The fourth-order valence-electron chi connectivity index (χ4n) is 3.60. The van der Waals surface area contributed by atoms with E-state index < -0.39 is 38.9 Å². The lowest BCUT2D eigenvalue weighted by atomic mass is 9.94. The second kappa shape index (κ2) is 8.84. The highest BCUT2D eigenvalue weighted by atomic mass is 32.2. The molecule has 11 heteroatoms. The van der Waals surface area contributed by atoms with Gasteiger partial charge >= 0.3 is 12.2 Å². The molecule has 0 aliphatic carbocycles. The number of carbonyl (C=O) groups is 1. The summed E-state index contributed by atoms with van der Waals surface area (Å²) >= 11 is 0. The number of hydrogen-bond donors (Lipinski definition) is 1. The Hall–Kier alpha value is -3.83. The molecular weight excluding hydrogens is 469 g/mol. The van der Waals surface area contributed by atoms with Crippen molar-refractivity contribution in [2.75, 3.05) is 4.90 Å². The number of rotatable bonds is 4. The molecule has 7 nitrogen and oxygen atoms in total. The molecule has 2 amide bonds. The van der Waals surface area contributed by atoms with Crippen molar-refractivity contribution < 1.29 is 26.4 Å². The summed E-state index contributed by atoms with van der Waals surface area (Å²) in [6, 6.07) is 9.78. The number of benzene rings is 2. The SMILES string of the molecule is CC1=C(C#N)C(c2ccc(C#N)cc2S(=O)(=O)C(C)C)NC(=O)N1c1cccc(C(F)(F)F)c1. The molecule has 0 aromatic heterocycles. The summed E-state index contributed by atoms with van der Waals surface area (Å²) in [4.78, 5) is 13.7. The van der Waals surface area contributed by atoms with Crippen LogP contribution in [0, 0.1) is 22.7 Å². The highest BCUT2D eigenvalue weighted by Crippen LogP contribution is 2.38. The molecule has 2 aromatic rings. The van der Waals surface area contributed by atoms with Gasteiger partial charge in [-0.1, -0.05) is 12.1 Å². The molecule has 0 fully saturated rings. The maximum Gasteiger partial charge on any atom is 0.416 e. The molecule has 1 unspecified atom stereocenters. The van der Waals surface area contributed by atoms with Crippen LogP contribution in [0.3, 0.4) is 0 Å². The third-order valence-corrected chi connectivity index (χ3v) is 7.63. The quantitative estimate of drug-likeness (QED) is 0.662. The minimum Gasteiger partial charge on any atom is -0.326 e. The first-order valence-corrected chi connectivity index (χ1v) is 11.5. The summed E-state index contributed by atoms with van der Waals surface area (Å²) in [5.74, 6) is 0. The smallest absolute Gasteiger partial charge is 0.326 e. The minimum atomic E-state index is -4.64. The molecule has 1 aliphatic heterocycles. The highest BCUT2D eigenvalue weighted by molar-refractivity contribution is 7.92. The third kappa shape index (κ3) is 4.35. The van der Waals surface area contributed by atoms with Crippen LogP contribution in [0.1, 0.15) is 43.5 Å². The van der Waals surface area contributed by atoms with Gasteiger partial charge in [-0.25, -0.2) is 13.2 Å². The van der Waals surface area contributed by atoms with Gasteiger partial charge in [0.2, 0.25) is 0 Å². The molecule has 1 N–H and O–H groups in total. The van der Waals surface area contributed by atoms with Crippen LogP contribution in [0.25, 0.3) is 0 Å². The van der Waals surface area contributed by atoms with Gasteiger partial charge in [-0.05, 0) is 56.7 Å². The number of allylic oxidation sites excluding steroid dienone is 1. The molecule has 0 saturated heterocycles. The number of nitrogens with zero attached hydrogens (tertiary/aromatic N) is 3. The van der Waals surface area contributed by atoms with E-state index in [1.165, 1.54) is 45.0 Å². The van der Waals surface area contributed by atoms with E-state index in [0.717, 1.165) is 23.1 Å². The Labute approximate surface area is 194 Å². The Bertz CT molecular complexity index is 1380. The lowest BCUT2D eigenvalue weighted by molar-refractivity contribution is -0.137. The first-order valence-electron chi connectivity index (χ1n) is 9.99. The summed E-state index contributed by atoms with van der Waals surface area (Å²) in [5.41, 5.74) is -0.917. The van der Waals surface area contributed by atoms with Gasteiger partial charge in [0.15, 0.2) is 9.84 Å². The van der Waals surface area contributed by atoms with Crippen LogP contribution in [0.15, 0.2) is 58.6 Å². The number of anilines is 1. The van der Waals surface area contributed by atoms with Crippen LogP contribution in [0.5, 0.6) is 0 Å². The number of nitrogens with one attached hydrogen (secondary N) is 1. The summed E-state index contributed by atoms with van der Waals surface area (Å²) < 4.78 is 65.5. The molecular formula is C23H19F3N4O3S. The molecule has 0 radical (unpaired) electrons. The van der Waals surface area contributed by atoms with Crippen molar-refractivity contribution in [3.63, 3.8) is 0 Å². The van der Waals surface area contributed by atoms with Crippen molar-refractivity contribution in [1.82, 2.24) is 5.32 Å². The topological polar surface area (TPSA) is 114 Å². The van der Waals surface area contributed by atoms with Crippen LogP contribution in [0.4, 0.5) is 23.7 Å². The fourth-order valence-corrected chi connectivity index (χ4v) is 4.91. The number of amides is 2. The lowest BCUT2D eigenvalue weighted by Gasteiger charge is -2.35. The largest absolute Gasteiger partial charge is 0.416 e. The number of sulfone groups is 1. The Morgan fingerprint density at radius 2 is 1.76 bits per heavy atom. The first-order chi connectivity index (χ1) is 15.8. The molecule has 1 atom stereocenters. The monoisotopic (exact) mass is 488 g/mol. The van der Waals surface area contributed by atoms with Gasteiger partial charge in [0.25, 0.3) is 0 Å². The summed E-state index contributed by atoms with van der Waals surface area (Å²) in [6.07, 6.45) is -4.64. The molecule has 0 bridgehead atoms. The van der Waals surface area contributed by atoms with Crippen molar-refractivity contribution in [2.45, 2.75) is 43.1 Å². The summed E-state index contributed by atoms with van der Waals surface area (Å²) in [6.45, 7) is 4.31. The standard InChI is InChI=1S/C23H19F3N4O3S/c1-13(2)34(32,33)20-9-15(11-27)7-8-18(20)21-19(12-28)14(3)30(22(31)29-21)17-6-4-5-16(10-17)23(24,25)26/h4-10,13,21H,1-3H3,(H,29,31). The van der Waals surface area contributed by atoms with E-state index in [0.29, 0.717) is 0 Å². The Morgan fingerprint density at radius 3 is 2.32 bits per heavy atom. The van der Waals surface area contributed by atoms with Crippen LogP contribution in [0.2, 0.25) is 0 Å². The number of carbonyl (C=O) groups excluding carboxylic acids is 1. The predicted molar refractivity (Wildman–Crippen MR) is 117 cm³/mol. The molecule has 3 rings (SSSR count). The van der Waals surface area contributed by atoms with Crippen molar-refractivity contribution in [2.24, 2.45) is 0 Å². The molecule has 34 heavy (non-hydrogen) atoms. The van der Waals surface area contributed by atoms with E-state index in [4.69, 9.17) is 0 Å². The molecule has 0 spiro atoms. The van der Waals surface area contributed by atoms with Gasteiger partial charge in [0.1, 0.15) is 0 Å². The van der Waals surface area contributed by atoms with Crippen LogP contribution in [-0.2, 0) is 16.0 Å². The second-order valence-electron chi connectivity index (χ2n) is 7.84. The van der Waals surface area contributed by atoms with Crippen LogP contribution in [-0.4, -0.2) is 19.7 Å². The number of halogens is 3. The molecule has 176 valence electrons. The van der Waals surface area contributed by atoms with E-state index in [-0.39, 0.29) is 33.0 Å². The minimum absolute atomic E-state index is 0.0489. The lowest BCUT2D eigenvalue weighted by Crippen LogP contribution is -2.47. The van der Waals surface area contributed by atoms with E-state index in [2.05, 4.69) is 5.32 Å². The first kappa shape index (κ1) is 24.8. The number of alkyl halides is 3. The van der Waals surface area contributed by atoms with Crippen LogP contribution >= 0.6 is 0 Å². The third-order valence-electron chi connectivity index (χ3n) is 5.42. The van der Waals surface area contributed by atoms with Crippen LogP contribution < -0.4 is 10.2 Å². The molecule has 2 aromatic carbocycles. The second-order valence-corrected chi connectivity index (χ2v) is 10.3. The van der Waals surface area contributed by atoms with Gasteiger partial charge in [-0.3, -0.25) is 4.90 Å². The molecule has 1 heterocycles. The molecule has 1 aliphatic rings. The maximum absolute atomic E-state index is 13.2. The van der Waals surface area contributed by atoms with Gasteiger partial charge in [0.05, 0.1) is 50.7 Å². The Morgan fingerprint density at radius 1 is 1.09 bits per heavy atom. The van der Waals surface area contributed by atoms with E-state index in [9.17, 15) is 36.9 Å².